The lowest BCUT2D eigenvalue weighted by Crippen LogP contribution is -2.37. The number of nitrogens with zero attached hydrogens (tertiary/aromatic N) is 1. The van der Waals surface area contributed by atoms with Gasteiger partial charge in [-0.3, -0.25) is 9.59 Å². The molecule has 0 fully saturated rings. The van der Waals surface area contributed by atoms with Crippen molar-refractivity contribution < 1.29 is 14.0 Å². The molecule has 124 valence electrons. The normalized spacial score (nSPS) is 17.6. The van der Waals surface area contributed by atoms with E-state index in [-0.39, 0.29) is 24.3 Å². The minimum absolute atomic E-state index is 0.0727. The van der Waals surface area contributed by atoms with E-state index in [4.69, 9.17) is 0 Å². The summed E-state index contributed by atoms with van der Waals surface area (Å²) in [6.07, 6.45) is 0.0727. The summed E-state index contributed by atoms with van der Waals surface area (Å²) >= 11 is 0. The monoisotopic (exact) mass is 326 g/mol. The van der Waals surface area contributed by atoms with Crippen LogP contribution >= 0.6 is 0 Å². The maximum atomic E-state index is 13.4. The van der Waals surface area contributed by atoms with Crippen LogP contribution in [0, 0.1) is 5.82 Å². The molecule has 2 atom stereocenters. The van der Waals surface area contributed by atoms with E-state index >= 15 is 0 Å². The fourth-order valence-corrected chi connectivity index (χ4v) is 3.05. The number of amides is 2. The Kier molecular flexibility index (Phi) is 4.34. The molecule has 0 aromatic heterocycles. The van der Waals surface area contributed by atoms with Crippen molar-refractivity contribution in [3.63, 3.8) is 0 Å². The molecule has 1 aliphatic heterocycles. The largest absolute Gasteiger partial charge is 0.338 e. The lowest BCUT2D eigenvalue weighted by Gasteiger charge is -2.32. The average Bonchev–Trinajstić information content (AvgIpc) is 2.59. The van der Waals surface area contributed by atoms with Crippen molar-refractivity contribution in [3.05, 3.63) is 65.5 Å². The summed E-state index contributed by atoms with van der Waals surface area (Å²) in [5.74, 6) is -1.44. The number of carbonyl (C=O) groups excluding carboxylic acids is 2. The molecule has 0 spiro atoms. The molecule has 24 heavy (non-hydrogen) atoms. The number of fused-ring (bicyclic) bond motifs is 1. The number of rotatable bonds is 3. The zero-order chi connectivity index (χ0) is 17.3. The van der Waals surface area contributed by atoms with Crippen LogP contribution in [-0.4, -0.2) is 23.8 Å². The fourth-order valence-electron chi connectivity index (χ4n) is 3.05. The minimum Gasteiger partial charge on any atom is -0.338 e. The predicted molar refractivity (Wildman–Crippen MR) is 90.0 cm³/mol. The van der Waals surface area contributed by atoms with Crippen molar-refractivity contribution in [2.45, 2.75) is 25.3 Å². The number of carbonyl (C=O) groups is 2. The molecule has 5 heteroatoms. The van der Waals surface area contributed by atoms with Gasteiger partial charge in [0.1, 0.15) is 5.82 Å². The van der Waals surface area contributed by atoms with Gasteiger partial charge in [-0.1, -0.05) is 36.4 Å². The maximum Gasteiger partial charge on any atom is 0.230 e. The van der Waals surface area contributed by atoms with Gasteiger partial charge in [0.25, 0.3) is 0 Å². The summed E-state index contributed by atoms with van der Waals surface area (Å²) < 4.78 is 13.4. The number of anilines is 1. The van der Waals surface area contributed by atoms with Gasteiger partial charge < -0.3 is 10.2 Å². The van der Waals surface area contributed by atoms with Crippen LogP contribution in [0.4, 0.5) is 10.1 Å². The van der Waals surface area contributed by atoms with Gasteiger partial charge in [0.2, 0.25) is 11.8 Å². The summed E-state index contributed by atoms with van der Waals surface area (Å²) in [5, 5.41) is 2.64. The highest BCUT2D eigenvalue weighted by molar-refractivity contribution is 6.01. The number of nitrogens with one attached hydrogen (secondary N) is 1. The van der Waals surface area contributed by atoms with Crippen LogP contribution in [0.15, 0.2) is 48.5 Å². The van der Waals surface area contributed by atoms with Crippen LogP contribution in [0.5, 0.6) is 0 Å². The Morgan fingerprint density at radius 3 is 2.67 bits per heavy atom. The molecule has 0 aliphatic carbocycles. The predicted octanol–water partition coefficient (Wildman–Crippen LogP) is 3.47. The molecule has 0 radical (unpaired) electrons. The Morgan fingerprint density at radius 2 is 1.96 bits per heavy atom. The fraction of sp³-hybridized carbons (Fsp3) is 0.263. The summed E-state index contributed by atoms with van der Waals surface area (Å²) in [6, 6.07) is 13.7. The number of hydrogen-bond donors (Lipinski definition) is 1. The lowest BCUT2D eigenvalue weighted by molar-refractivity contribution is -0.135. The molecule has 3 rings (SSSR count). The summed E-state index contributed by atoms with van der Waals surface area (Å²) in [5.41, 5.74) is 2.06. The van der Waals surface area contributed by atoms with E-state index in [0.717, 1.165) is 5.56 Å². The van der Waals surface area contributed by atoms with Crippen LogP contribution in [0.3, 0.4) is 0 Å². The van der Waals surface area contributed by atoms with E-state index in [1.165, 1.54) is 12.1 Å². The van der Waals surface area contributed by atoms with Crippen LogP contribution in [0.2, 0.25) is 0 Å². The van der Waals surface area contributed by atoms with Gasteiger partial charge in [-0.2, -0.15) is 0 Å². The molecule has 2 unspecified atom stereocenters. The number of benzene rings is 2. The quantitative estimate of drug-likeness (QED) is 0.939. The van der Waals surface area contributed by atoms with Gasteiger partial charge >= 0.3 is 0 Å². The minimum atomic E-state index is -0.592. The maximum absolute atomic E-state index is 13.4. The Bertz CT molecular complexity index is 776. The van der Waals surface area contributed by atoms with Crippen LogP contribution in [-0.2, 0) is 9.59 Å². The zero-order valence-electron chi connectivity index (χ0n) is 13.6. The smallest absolute Gasteiger partial charge is 0.230 e. The SMILES string of the molecule is CC(c1ccccc1)N(C)C(=O)C1CC(=O)Nc2cc(F)ccc21. The number of hydrogen-bond acceptors (Lipinski definition) is 2. The highest BCUT2D eigenvalue weighted by atomic mass is 19.1. The first-order valence-corrected chi connectivity index (χ1v) is 7.88. The molecule has 4 nitrogen and oxygen atoms in total. The third kappa shape index (κ3) is 3.02. The van der Waals surface area contributed by atoms with E-state index in [9.17, 15) is 14.0 Å². The first kappa shape index (κ1) is 16.2. The first-order valence-electron chi connectivity index (χ1n) is 7.88. The highest BCUT2D eigenvalue weighted by Crippen LogP contribution is 2.35. The second-order valence-corrected chi connectivity index (χ2v) is 6.07. The van der Waals surface area contributed by atoms with E-state index in [1.54, 1.807) is 18.0 Å². The van der Waals surface area contributed by atoms with Gasteiger partial charge in [0, 0.05) is 19.2 Å². The van der Waals surface area contributed by atoms with Crippen molar-refractivity contribution in [2.24, 2.45) is 0 Å². The zero-order valence-corrected chi connectivity index (χ0v) is 13.6. The molecule has 2 amide bonds. The van der Waals surface area contributed by atoms with E-state index in [2.05, 4.69) is 5.32 Å². The van der Waals surface area contributed by atoms with Crippen molar-refractivity contribution in [2.75, 3.05) is 12.4 Å². The van der Waals surface area contributed by atoms with Crippen molar-refractivity contribution in [1.29, 1.82) is 0 Å². The van der Waals surface area contributed by atoms with E-state index in [1.807, 2.05) is 37.3 Å². The standard InChI is InChI=1S/C19H19FN2O2/c1-12(13-6-4-3-5-7-13)22(2)19(24)16-11-18(23)21-17-10-14(20)8-9-15(16)17/h3-10,12,16H,11H2,1-2H3,(H,21,23). The topological polar surface area (TPSA) is 49.4 Å². The summed E-state index contributed by atoms with van der Waals surface area (Å²) in [4.78, 5) is 26.5. The second-order valence-electron chi connectivity index (χ2n) is 6.07. The van der Waals surface area contributed by atoms with Crippen molar-refractivity contribution in [1.82, 2.24) is 4.90 Å². The molecule has 1 heterocycles. The van der Waals surface area contributed by atoms with Crippen molar-refractivity contribution >= 4 is 17.5 Å². The molecule has 1 N–H and O–H groups in total. The van der Waals surface area contributed by atoms with Crippen molar-refractivity contribution in [3.8, 4) is 0 Å². The van der Waals surface area contributed by atoms with Crippen LogP contribution in [0.25, 0.3) is 0 Å². The van der Waals surface area contributed by atoms with E-state index in [0.29, 0.717) is 11.3 Å². The Labute approximate surface area is 140 Å². The van der Waals surface area contributed by atoms with Gasteiger partial charge in [0.15, 0.2) is 0 Å². The van der Waals surface area contributed by atoms with Gasteiger partial charge in [-0.15, -0.1) is 0 Å². The van der Waals surface area contributed by atoms with Crippen LogP contribution < -0.4 is 5.32 Å². The average molecular weight is 326 g/mol. The molecular formula is C19H19FN2O2. The number of halogens is 1. The third-order valence-electron chi connectivity index (χ3n) is 4.56. The molecule has 0 saturated carbocycles. The Balaban J connectivity index is 1.88. The van der Waals surface area contributed by atoms with E-state index < -0.39 is 11.7 Å². The lowest BCUT2D eigenvalue weighted by atomic mass is 9.88. The van der Waals surface area contributed by atoms with Gasteiger partial charge in [-0.05, 0) is 30.2 Å². The summed E-state index contributed by atoms with van der Waals surface area (Å²) in [7, 11) is 1.73. The van der Waals surface area contributed by atoms with Gasteiger partial charge in [-0.25, -0.2) is 4.39 Å². The molecule has 2 aromatic rings. The number of likely N-dealkylation sites (N-methyl/N-ethyl adjacent to an activating group) is 1. The third-order valence-corrected chi connectivity index (χ3v) is 4.56. The molecule has 0 saturated heterocycles. The first-order chi connectivity index (χ1) is 11.5. The molecule has 0 bridgehead atoms. The molecule has 1 aliphatic rings. The Morgan fingerprint density at radius 1 is 1.25 bits per heavy atom. The van der Waals surface area contributed by atoms with Crippen LogP contribution in [0.1, 0.15) is 36.4 Å². The second kappa shape index (κ2) is 6.43. The molecular weight excluding hydrogens is 307 g/mol. The Hall–Kier alpha value is -2.69. The molecule has 2 aromatic carbocycles. The summed E-state index contributed by atoms with van der Waals surface area (Å²) in [6.45, 7) is 1.95. The van der Waals surface area contributed by atoms with Gasteiger partial charge in [0.05, 0.1) is 12.0 Å². The highest BCUT2D eigenvalue weighted by Gasteiger charge is 2.34.